The van der Waals surface area contributed by atoms with Gasteiger partial charge in [-0.1, -0.05) is 57.1 Å². The van der Waals surface area contributed by atoms with Gasteiger partial charge in [-0.3, -0.25) is 9.69 Å². The fourth-order valence-electron chi connectivity index (χ4n) is 3.52. The Bertz CT molecular complexity index is 369. The lowest BCUT2D eigenvalue weighted by atomic mass is 10.1. The molecule has 0 radical (unpaired) electrons. The molecule has 0 aliphatic heterocycles. The lowest BCUT2D eigenvalue weighted by Gasteiger charge is -2.19. The monoisotopic (exact) mass is 412 g/mol. The quantitative estimate of drug-likeness (QED) is 0.182. The number of rotatable bonds is 22. The van der Waals surface area contributed by atoms with Crippen LogP contribution in [-0.4, -0.2) is 60.4 Å². The first-order valence-electron chi connectivity index (χ1n) is 12.1. The maximum absolute atomic E-state index is 11.3. The van der Waals surface area contributed by atoms with Crippen LogP contribution in [0.25, 0.3) is 0 Å². The third-order valence-corrected chi connectivity index (χ3v) is 5.24. The lowest BCUT2D eigenvalue weighted by molar-refractivity contribution is -0.121. The van der Waals surface area contributed by atoms with Gasteiger partial charge in [0.15, 0.2) is 0 Å². The van der Waals surface area contributed by atoms with Gasteiger partial charge >= 0.3 is 0 Å². The number of carbonyl (C=O) groups excluding carboxylic acids is 1. The number of nitrogens with zero attached hydrogens (tertiary/aromatic N) is 1. The van der Waals surface area contributed by atoms with Crippen LogP contribution in [0.1, 0.15) is 96.8 Å². The second-order valence-electron chi connectivity index (χ2n) is 7.93. The summed E-state index contributed by atoms with van der Waals surface area (Å²) in [4.78, 5) is 13.5. The molecule has 5 heteroatoms. The minimum Gasteiger partial charge on any atom is -0.395 e. The number of hydrogen-bond donors (Lipinski definition) is 3. The van der Waals surface area contributed by atoms with Crippen LogP contribution in [0.4, 0.5) is 0 Å². The van der Waals surface area contributed by atoms with E-state index in [4.69, 9.17) is 10.2 Å². The summed E-state index contributed by atoms with van der Waals surface area (Å²) in [7, 11) is 0. The van der Waals surface area contributed by atoms with Gasteiger partial charge in [-0.2, -0.15) is 0 Å². The maximum atomic E-state index is 11.3. The summed E-state index contributed by atoms with van der Waals surface area (Å²) in [5, 5.41) is 20.8. The topological polar surface area (TPSA) is 72.8 Å². The van der Waals surface area contributed by atoms with Gasteiger partial charge in [-0.05, 0) is 52.0 Å². The fourth-order valence-corrected chi connectivity index (χ4v) is 3.52. The molecular weight excluding hydrogens is 364 g/mol. The Morgan fingerprint density at radius 2 is 1.21 bits per heavy atom. The molecule has 0 saturated carbocycles. The van der Waals surface area contributed by atoms with Gasteiger partial charge in [0.25, 0.3) is 0 Å². The molecule has 0 aromatic carbocycles. The first-order chi connectivity index (χ1) is 14.2. The van der Waals surface area contributed by atoms with Gasteiger partial charge in [-0.25, -0.2) is 0 Å². The second-order valence-corrected chi connectivity index (χ2v) is 7.93. The van der Waals surface area contributed by atoms with Crippen LogP contribution >= 0.6 is 0 Å². The van der Waals surface area contributed by atoms with Crippen molar-refractivity contribution in [2.24, 2.45) is 0 Å². The Morgan fingerprint density at radius 3 is 1.72 bits per heavy atom. The highest BCUT2D eigenvalue weighted by atomic mass is 16.3. The summed E-state index contributed by atoms with van der Waals surface area (Å²) in [6.45, 7) is 5.37. The summed E-state index contributed by atoms with van der Waals surface area (Å²) in [5.74, 6) is 0.193. The number of aliphatic hydroxyl groups excluding tert-OH is 2. The molecule has 0 bridgehead atoms. The highest BCUT2D eigenvalue weighted by Gasteiger charge is 2.02. The van der Waals surface area contributed by atoms with E-state index in [1.807, 2.05) is 6.92 Å². The largest absolute Gasteiger partial charge is 0.395 e. The molecule has 0 aromatic heterocycles. The molecular formula is C24H48N2O3. The minimum atomic E-state index is 0.173. The summed E-state index contributed by atoms with van der Waals surface area (Å²) < 4.78 is 0. The molecule has 0 aromatic rings. The molecule has 0 atom stereocenters. The third kappa shape index (κ3) is 21.6. The zero-order valence-electron chi connectivity index (χ0n) is 19.0. The van der Waals surface area contributed by atoms with E-state index in [1.54, 1.807) is 0 Å². The summed E-state index contributed by atoms with van der Waals surface area (Å²) >= 11 is 0. The molecule has 0 heterocycles. The first-order valence-corrected chi connectivity index (χ1v) is 12.1. The SMILES string of the molecule is CCNC(=O)CCCCCCC/C=C\CCCCCCCCN(CCO)CCO. The van der Waals surface area contributed by atoms with Crippen LogP contribution in [0.15, 0.2) is 12.2 Å². The van der Waals surface area contributed by atoms with E-state index in [-0.39, 0.29) is 19.1 Å². The summed E-state index contributed by atoms with van der Waals surface area (Å²) in [5.41, 5.74) is 0. The van der Waals surface area contributed by atoms with E-state index in [2.05, 4.69) is 22.4 Å². The van der Waals surface area contributed by atoms with Crippen LogP contribution < -0.4 is 5.32 Å². The van der Waals surface area contributed by atoms with Gasteiger partial charge in [0.1, 0.15) is 0 Å². The molecule has 0 spiro atoms. The molecule has 172 valence electrons. The van der Waals surface area contributed by atoms with Crippen molar-refractivity contribution in [3.63, 3.8) is 0 Å². The molecule has 0 rings (SSSR count). The van der Waals surface area contributed by atoms with Crippen molar-refractivity contribution >= 4 is 5.91 Å². The van der Waals surface area contributed by atoms with Crippen LogP contribution in [-0.2, 0) is 4.79 Å². The molecule has 0 fully saturated rings. The van der Waals surface area contributed by atoms with Gasteiger partial charge < -0.3 is 15.5 Å². The molecule has 0 aliphatic carbocycles. The van der Waals surface area contributed by atoms with E-state index in [0.717, 1.165) is 25.9 Å². The molecule has 5 nitrogen and oxygen atoms in total. The maximum Gasteiger partial charge on any atom is 0.219 e. The standard InChI is InChI=1S/C24H48N2O3/c1-2-25-24(29)18-16-14-12-10-8-6-4-3-5-7-9-11-13-15-17-19-26(20-22-27)21-23-28/h3-4,27-28H,2,5-23H2,1H3,(H,25,29)/b4-3-. The summed E-state index contributed by atoms with van der Waals surface area (Å²) in [6, 6.07) is 0. The smallest absolute Gasteiger partial charge is 0.219 e. The number of carbonyl (C=O) groups is 1. The molecule has 29 heavy (non-hydrogen) atoms. The molecule has 0 saturated heterocycles. The average Bonchev–Trinajstić information content (AvgIpc) is 2.70. The number of unbranched alkanes of at least 4 members (excludes halogenated alkanes) is 11. The van der Waals surface area contributed by atoms with Crippen molar-refractivity contribution in [1.82, 2.24) is 10.2 Å². The Balaban J connectivity index is 3.27. The zero-order valence-corrected chi connectivity index (χ0v) is 19.0. The van der Waals surface area contributed by atoms with Gasteiger partial charge in [-0.15, -0.1) is 0 Å². The van der Waals surface area contributed by atoms with Crippen molar-refractivity contribution in [3.05, 3.63) is 12.2 Å². The average molecular weight is 413 g/mol. The summed E-state index contributed by atoms with van der Waals surface area (Å²) in [6.07, 6.45) is 21.3. The molecule has 0 unspecified atom stereocenters. The number of hydrogen-bond acceptors (Lipinski definition) is 4. The van der Waals surface area contributed by atoms with E-state index in [0.29, 0.717) is 19.5 Å². The number of allylic oxidation sites excluding steroid dienone is 2. The Kier molecular flexibility index (Phi) is 22.6. The molecule has 1 amide bonds. The van der Waals surface area contributed by atoms with Crippen molar-refractivity contribution in [1.29, 1.82) is 0 Å². The highest BCUT2D eigenvalue weighted by Crippen LogP contribution is 2.10. The van der Waals surface area contributed by atoms with Gasteiger partial charge in [0.05, 0.1) is 13.2 Å². The van der Waals surface area contributed by atoms with Gasteiger partial charge in [0, 0.05) is 26.1 Å². The third-order valence-electron chi connectivity index (χ3n) is 5.24. The normalized spacial score (nSPS) is 11.6. The Morgan fingerprint density at radius 1 is 0.724 bits per heavy atom. The highest BCUT2D eigenvalue weighted by molar-refractivity contribution is 5.75. The number of nitrogens with one attached hydrogen (secondary N) is 1. The van der Waals surface area contributed by atoms with Crippen molar-refractivity contribution in [2.75, 3.05) is 39.4 Å². The van der Waals surface area contributed by atoms with Crippen LogP contribution in [0.5, 0.6) is 0 Å². The van der Waals surface area contributed by atoms with Crippen molar-refractivity contribution in [3.8, 4) is 0 Å². The fraction of sp³-hybridized carbons (Fsp3) is 0.875. The van der Waals surface area contributed by atoms with E-state index >= 15 is 0 Å². The van der Waals surface area contributed by atoms with Gasteiger partial charge in [0.2, 0.25) is 5.91 Å². The van der Waals surface area contributed by atoms with E-state index in [9.17, 15) is 4.79 Å². The first kappa shape index (κ1) is 28.1. The van der Waals surface area contributed by atoms with Crippen LogP contribution in [0, 0.1) is 0 Å². The molecule has 3 N–H and O–H groups in total. The predicted molar refractivity (Wildman–Crippen MR) is 123 cm³/mol. The number of aliphatic hydroxyl groups is 2. The van der Waals surface area contributed by atoms with E-state index in [1.165, 1.54) is 70.6 Å². The second kappa shape index (κ2) is 23.4. The molecule has 0 aliphatic rings. The van der Waals surface area contributed by atoms with Crippen molar-refractivity contribution < 1.29 is 15.0 Å². The Hall–Kier alpha value is -0.910. The van der Waals surface area contributed by atoms with E-state index < -0.39 is 0 Å². The van der Waals surface area contributed by atoms with Crippen molar-refractivity contribution in [2.45, 2.75) is 96.8 Å². The lowest BCUT2D eigenvalue weighted by Crippen LogP contribution is -2.30. The minimum absolute atomic E-state index is 0.173. The number of amides is 1. The van der Waals surface area contributed by atoms with Crippen LogP contribution in [0.2, 0.25) is 0 Å². The predicted octanol–water partition coefficient (Wildman–Crippen LogP) is 4.43. The van der Waals surface area contributed by atoms with Crippen LogP contribution in [0.3, 0.4) is 0 Å². The zero-order chi connectivity index (χ0) is 21.4. The Labute approximate surface area is 180 Å².